The predicted molar refractivity (Wildman–Crippen MR) is 52.1 cm³/mol. The van der Waals surface area contributed by atoms with Gasteiger partial charge in [0.15, 0.2) is 0 Å². The van der Waals surface area contributed by atoms with Gasteiger partial charge in [-0.2, -0.15) is 0 Å². The number of nitrogens with zero attached hydrogens (tertiary/aromatic N) is 1. The molecule has 0 aromatic rings. The summed E-state index contributed by atoms with van der Waals surface area (Å²) >= 11 is 0. The molecule has 0 aromatic carbocycles. The Kier molecular flexibility index (Phi) is 6.38. The lowest BCUT2D eigenvalue weighted by molar-refractivity contribution is 0.241. The summed E-state index contributed by atoms with van der Waals surface area (Å²) in [5.74, 6) is 0. The van der Waals surface area contributed by atoms with Crippen LogP contribution in [0.2, 0.25) is 0 Å². The monoisotopic (exact) mass is 210 g/mol. The van der Waals surface area contributed by atoms with Crippen molar-refractivity contribution in [3.8, 4) is 0 Å². The number of hydrogen-bond acceptors (Lipinski definition) is 2. The van der Waals surface area contributed by atoms with Crippen LogP contribution in [-0.2, 0) is 0 Å². The highest BCUT2D eigenvalue weighted by molar-refractivity contribution is 8.93. The zero-order valence-corrected chi connectivity index (χ0v) is 8.31. The lowest BCUT2D eigenvalue weighted by Crippen LogP contribution is -2.43. The van der Waals surface area contributed by atoms with Gasteiger partial charge in [0.05, 0.1) is 0 Å². The van der Waals surface area contributed by atoms with E-state index >= 15 is 0 Å². The van der Waals surface area contributed by atoms with Gasteiger partial charge in [0.2, 0.25) is 0 Å². The highest BCUT2D eigenvalue weighted by atomic mass is 79.9. The van der Waals surface area contributed by atoms with Gasteiger partial charge in [-0.25, -0.2) is 0 Å². The third-order valence-electron chi connectivity index (χ3n) is 1.75. The minimum atomic E-state index is 0. The van der Waals surface area contributed by atoms with Crippen molar-refractivity contribution in [2.45, 2.75) is 13.3 Å². The molecular weight excluding hydrogens is 192 g/mol. The summed E-state index contributed by atoms with van der Waals surface area (Å²) in [4.78, 5) is 2.51. The molecule has 0 spiro atoms. The molecule has 1 aliphatic rings. The predicted octanol–water partition coefficient (Wildman–Crippen LogP) is 1.10. The zero-order chi connectivity index (χ0) is 6.53. The SMILES string of the molecule is Br.CCCN1CCNCC1.[H+].[H+]. The van der Waals surface area contributed by atoms with Crippen molar-refractivity contribution in [2.24, 2.45) is 0 Å². The molecule has 0 aliphatic carbocycles. The molecule has 0 unspecified atom stereocenters. The van der Waals surface area contributed by atoms with Crippen LogP contribution in [0.5, 0.6) is 0 Å². The quantitative estimate of drug-likeness (QED) is 0.735. The van der Waals surface area contributed by atoms with E-state index in [1.807, 2.05) is 0 Å². The minimum absolute atomic E-state index is 0. The Labute approximate surface area is 76.7 Å². The van der Waals surface area contributed by atoms with Gasteiger partial charge < -0.3 is 10.2 Å². The van der Waals surface area contributed by atoms with Gasteiger partial charge in [0.25, 0.3) is 0 Å². The molecule has 0 aromatic heterocycles. The first-order valence-electron chi connectivity index (χ1n) is 3.86. The van der Waals surface area contributed by atoms with Crippen molar-refractivity contribution in [1.82, 2.24) is 10.2 Å². The summed E-state index contributed by atoms with van der Waals surface area (Å²) in [5, 5.41) is 3.33. The van der Waals surface area contributed by atoms with E-state index in [4.69, 9.17) is 0 Å². The van der Waals surface area contributed by atoms with E-state index in [-0.39, 0.29) is 19.8 Å². The van der Waals surface area contributed by atoms with Gasteiger partial charge >= 0.3 is 2.85 Å². The van der Waals surface area contributed by atoms with Crippen LogP contribution in [0, 0.1) is 0 Å². The van der Waals surface area contributed by atoms with Gasteiger partial charge in [-0.3, -0.25) is 0 Å². The second kappa shape index (κ2) is 6.13. The molecule has 2 nitrogen and oxygen atoms in total. The zero-order valence-electron chi connectivity index (χ0n) is 8.60. The molecule has 3 heteroatoms. The van der Waals surface area contributed by atoms with E-state index in [1.54, 1.807) is 0 Å². The molecule has 0 radical (unpaired) electrons. The van der Waals surface area contributed by atoms with Gasteiger partial charge in [-0.1, -0.05) is 6.92 Å². The molecule has 1 heterocycles. The van der Waals surface area contributed by atoms with Crippen LogP contribution in [0.3, 0.4) is 0 Å². The second-order valence-corrected chi connectivity index (χ2v) is 2.59. The number of rotatable bonds is 2. The first-order chi connectivity index (χ1) is 4.43. The number of hydrogen-bond donors (Lipinski definition) is 1. The molecule has 0 atom stereocenters. The topological polar surface area (TPSA) is 15.3 Å². The summed E-state index contributed by atoms with van der Waals surface area (Å²) in [5.41, 5.74) is 0. The lowest BCUT2D eigenvalue weighted by Gasteiger charge is -2.26. The summed E-state index contributed by atoms with van der Waals surface area (Å²) in [6, 6.07) is 0. The smallest absolute Gasteiger partial charge is 0.314 e. The summed E-state index contributed by atoms with van der Waals surface area (Å²) in [6.45, 7) is 8.37. The van der Waals surface area contributed by atoms with E-state index < -0.39 is 0 Å². The van der Waals surface area contributed by atoms with Gasteiger partial charge in [-0.15, -0.1) is 17.0 Å². The fourth-order valence-corrected chi connectivity index (χ4v) is 1.25. The third kappa shape index (κ3) is 3.54. The first kappa shape index (κ1) is 10.4. The van der Waals surface area contributed by atoms with Crippen LogP contribution in [0.1, 0.15) is 16.2 Å². The Balaban J connectivity index is -0.000000270. The van der Waals surface area contributed by atoms with E-state index in [0.717, 1.165) is 0 Å². The Bertz CT molecular complexity index is 77.1. The third-order valence-corrected chi connectivity index (χ3v) is 1.75. The standard InChI is InChI=1S/C7H16N2.BrH/c1-2-5-9-6-3-8-4-7-9;/h8H,2-7H2,1H3;1H/p+2. The maximum absolute atomic E-state index is 3.33. The van der Waals surface area contributed by atoms with Crippen molar-refractivity contribution >= 4 is 17.0 Å². The van der Waals surface area contributed by atoms with Crippen LogP contribution in [0.25, 0.3) is 0 Å². The largest absolute Gasteiger partial charge is 1.00 e. The highest BCUT2D eigenvalue weighted by Gasteiger charge is 2.06. The van der Waals surface area contributed by atoms with E-state index in [1.165, 1.54) is 39.1 Å². The molecule has 0 amide bonds. The average molecular weight is 211 g/mol. The maximum atomic E-state index is 3.33. The molecule has 1 fully saturated rings. The molecule has 0 bridgehead atoms. The first-order valence-corrected chi connectivity index (χ1v) is 3.86. The van der Waals surface area contributed by atoms with Gasteiger partial charge in [0, 0.05) is 26.2 Å². The van der Waals surface area contributed by atoms with E-state index in [2.05, 4.69) is 17.1 Å². The minimum Gasteiger partial charge on any atom is -0.314 e. The maximum Gasteiger partial charge on any atom is 1.00 e. The van der Waals surface area contributed by atoms with Crippen molar-refractivity contribution in [3.05, 3.63) is 0 Å². The lowest BCUT2D eigenvalue weighted by atomic mass is 10.3. The Morgan fingerprint density at radius 3 is 2.50 bits per heavy atom. The molecule has 1 N–H and O–H groups in total. The molecule has 10 heavy (non-hydrogen) atoms. The normalized spacial score (nSPS) is 20.1. The fourth-order valence-electron chi connectivity index (χ4n) is 1.25. The molecule has 0 saturated carbocycles. The highest BCUT2D eigenvalue weighted by Crippen LogP contribution is 1.92. The Hall–Kier alpha value is 0.400. The van der Waals surface area contributed by atoms with Crippen molar-refractivity contribution in [1.29, 1.82) is 0 Å². The van der Waals surface area contributed by atoms with Gasteiger partial charge in [0.1, 0.15) is 0 Å². The second-order valence-electron chi connectivity index (χ2n) is 2.59. The van der Waals surface area contributed by atoms with Crippen LogP contribution in [0.15, 0.2) is 0 Å². The summed E-state index contributed by atoms with van der Waals surface area (Å²) in [6.07, 6.45) is 1.29. The Morgan fingerprint density at radius 1 is 1.40 bits per heavy atom. The summed E-state index contributed by atoms with van der Waals surface area (Å²) in [7, 11) is 0. The number of halogens is 1. The van der Waals surface area contributed by atoms with Gasteiger partial charge in [-0.05, 0) is 13.0 Å². The number of nitrogens with one attached hydrogen (secondary N) is 1. The molecule has 1 aliphatic heterocycles. The van der Waals surface area contributed by atoms with Crippen molar-refractivity contribution < 1.29 is 2.85 Å². The molecule has 1 saturated heterocycles. The van der Waals surface area contributed by atoms with E-state index in [9.17, 15) is 0 Å². The van der Waals surface area contributed by atoms with Crippen LogP contribution in [-0.4, -0.2) is 37.6 Å². The molecular formula is C7H19BrN2+2. The van der Waals surface area contributed by atoms with Crippen molar-refractivity contribution in [3.63, 3.8) is 0 Å². The average Bonchev–Trinajstić information content (AvgIpc) is 1.91. The number of piperazine rings is 1. The van der Waals surface area contributed by atoms with Crippen molar-refractivity contribution in [2.75, 3.05) is 32.7 Å². The van der Waals surface area contributed by atoms with Crippen LogP contribution < -0.4 is 5.32 Å². The molecule has 62 valence electrons. The van der Waals surface area contributed by atoms with E-state index in [0.29, 0.717) is 0 Å². The van der Waals surface area contributed by atoms with Crippen LogP contribution >= 0.6 is 17.0 Å². The Morgan fingerprint density at radius 2 is 2.00 bits per heavy atom. The summed E-state index contributed by atoms with van der Waals surface area (Å²) < 4.78 is 0. The van der Waals surface area contributed by atoms with Crippen LogP contribution in [0.4, 0.5) is 0 Å². The molecule has 1 rings (SSSR count). The fraction of sp³-hybridized carbons (Fsp3) is 1.00.